The highest BCUT2D eigenvalue weighted by molar-refractivity contribution is 9.10. The molecule has 0 saturated heterocycles. The number of anilines is 1. The summed E-state index contributed by atoms with van der Waals surface area (Å²) in [5, 5.41) is 4.02. The van der Waals surface area contributed by atoms with Crippen LogP contribution in [0.4, 0.5) is 5.69 Å². The van der Waals surface area contributed by atoms with Crippen molar-refractivity contribution >= 4 is 33.2 Å². The molecule has 0 unspecified atom stereocenters. The maximum absolute atomic E-state index is 5.82. The third kappa shape index (κ3) is 4.86. The molecule has 2 aromatic rings. The summed E-state index contributed by atoms with van der Waals surface area (Å²) in [4.78, 5) is 0. The van der Waals surface area contributed by atoms with Crippen LogP contribution in [-0.4, -0.2) is 13.2 Å². The molecule has 2 rings (SSSR count). The minimum atomic E-state index is 0.615. The van der Waals surface area contributed by atoms with Crippen LogP contribution in [-0.2, 0) is 11.3 Å². The van der Waals surface area contributed by atoms with E-state index in [0.717, 1.165) is 27.3 Å². The van der Waals surface area contributed by atoms with E-state index < -0.39 is 0 Å². The van der Waals surface area contributed by atoms with Crippen LogP contribution in [0.3, 0.4) is 0 Å². The first kappa shape index (κ1) is 14.4. The van der Waals surface area contributed by atoms with E-state index >= 15 is 0 Å². The van der Waals surface area contributed by atoms with Crippen LogP contribution in [0.2, 0.25) is 5.02 Å². The van der Waals surface area contributed by atoms with Crippen molar-refractivity contribution in [2.24, 2.45) is 0 Å². The van der Waals surface area contributed by atoms with Gasteiger partial charge in [0.2, 0.25) is 0 Å². The Kier molecular flexibility index (Phi) is 5.70. The Balaban J connectivity index is 1.67. The second-order valence-corrected chi connectivity index (χ2v) is 5.37. The molecule has 0 fully saturated rings. The van der Waals surface area contributed by atoms with Gasteiger partial charge in [-0.05, 0) is 35.9 Å². The predicted octanol–water partition coefficient (Wildman–Crippen LogP) is 4.73. The van der Waals surface area contributed by atoms with E-state index in [0.29, 0.717) is 13.2 Å². The molecule has 0 saturated carbocycles. The van der Waals surface area contributed by atoms with E-state index in [4.69, 9.17) is 16.3 Å². The van der Waals surface area contributed by atoms with Crippen molar-refractivity contribution in [2.75, 3.05) is 18.5 Å². The van der Waals surface area contributed by atoms with Gasteiger partial charge in [0, 0.05) is 21.7 Å². The van der Waals surface area contributed by atoms with Crippen LogP contribution < -0.4 is 5.32 Å². The van der Waals surface area contributed by atoms with Crippen LogP contribution in [0.15, 0.2) is 53.0 Å². The first-order valence-corrected chi connectivity index (χ1v) is 7.23. The molecule has 1 N–H and O–H groups in total. The summed E-state index contributed by atoms with van der Waals surface area (Å²) >= 11 is 9.32. The largest absolute Gasteiger partial charge is 0.383 e. The van der Waals surface area contributed by atoms with Gasteiger partial charge >= 0.3 is 0 Å². The Hall–Kier alpha value is -1.03. The average molecular weight is 341 g/mol. The van der Waals surface area contributed by atoms with E-state index in [1.54, 1.807) is 0 Å². The molecule has 0 bridgehead atoms. The number of hydrogen-bond acceptors (Lipinski definition) is 2. The smallest absolute Gasteiger partial charge is 0.0728 e. The van der Waals surface area contributed by atoms with Gasteiger partial charge in [0.25, 0.3) is 0 Å². The lowest BCUT2D eigenvalue weighted by molar-refractivity contribution is 0.130. The van der Waals surface area contributed by atoms with Gasteiger partial charge in [-0.1, -0.05) is 45.7 Å². The van der Waals surface area contributed by atoms with Crippen molar-refractivity contribution in [1.29, 1.82) is 0 Å². The number of ether oxygens (including phenoxy) is 1. The fourth-order valence-corrected chi connectivity index (χ4v) is 2.16. The zero-order chi connectivity index (χ0) is 13.5. The van der Waals surface area contributed by atoms with E-state index in [1.165, 1.54) is 0 Å². The lowest BCUT2D eigenvalue weighted by Gasteiger charge is -2.08. The Bertz CT molecular complexity index is 516. The lowest BCUT2D eigenvalue weighted by Crippen LogP contribution is -2.09. The van der Waals surface area contributed by atoms with Crippen molar-refractivity contribution in [1.82, 2.24) is 0 Å². The molecule has 0 aromatic heterocycles. The average Bonchev–Trinajstić information content (AvgIpc) is 2.42. The molecule has 4 heteroatoms. The van der Waals surface area contributed by atoms with Crippen molar-refractivity contribution in [2.45, 2.75) is 6.61 Å². The molecule has 0 radical (unpaired) electrons. The summed E-state index contributed by atoms with van der Waals surface area (Å²) < 4.78 is 6.71. The van der Waals surface area contributed by atoms with Gasteiger partial charge in [-0.2, -0.15) is 0 Å². The molecule has 0 aliphatic carbocycles. The summed E-state index contributed by atoms with van der Waals surface area (Å²) in [7, 11) is 0. The zero-order valence-electron chi connectivity index (χ0n) is 10.4. The van der Waals surface area contributed by atoms with E-state index in [1.807, 2.05) is 42.5 Å². The molecule has 2 aromatic carbocycles. The SMILES string of the molecule is Clc1ccc(NCCOCc2ccccc2Br)cc1. The Morgan fingerprint density at radius 2 is 1.79 bits per heavy atom. The lowest BCUT2D eigenvalue weighted by atomic mass is 10.2. The normalized spacial score (nSPS) is 10.4. The van der Waals surface area contributed by atoms with Gasteiger partial charge in [-0.3, -0.25) is 0 Å². The van der Waals surface area contributed by atoms with E-state index in [-0.39, 0.29) is 0 Å². The van der Waals surface area contributed by atoms with Gasteiger partial charge in [0.1, 0.15) is 0 Å². The molecule has 2 nitrogen and oxygen atoms in total. The third-order valence-electron chi connectivity index (χ3n) is 2.64. The zero-order valence-corrected chi connectivity index (χ0v) is 12.7. The molecular weight excluding hydrogens is 326 g/mol. The number of benzene rings is 2. The van der Waals surface area contributed by atoms with Crippen molar-refractivity contribution in [3.63, 3.8) is 0 Å². The van der Waals surface area contributed by atoms with Crippen molar-refractivity contribution < 1.29 is 4.74 Å². The summed E-state index contributed by atoms with van der Waals surface area (Å²) in [5.74, 6) is 0. The standard InChI is InChI=1S/C15H15BrClNO/c16-15-4-2-1-3-12(15)11-19-10-9-18-14-7-5-13(17)6-8-14/h1-8,18H,9-11H2. The first-order chi connectivity index (χ1) is 9.25. The quantitative estimate of drug-likeness (QED) is 0.768. The second kappa shape index (κ2) is 7.53. The van der Waals surface area contributed by atoms with Gasteiger partial charge in [-0.25, -0.2) is 0 Å². The maximum atomic E-state index is 5.82. The highest BCUT2D eigenvalue weighted by Crippen LogP contribution is 2.16. The summed E-state index contributed by atoms with van der Waals surface area (Å²) in [5.41, 5.74) is 2.21. The molecule has 0 aliphatic rings. The monoisotopic (exact) mass is 339 g/mol. The fraction of sp³-hybridized carbons (Fsp3) is 0.200. The van der Waals surface area contributed by atoms with Crippen LogP contribution >= 0.6 is 27.5 Å². The molecule has 0 aliphatic heterocycles. The maximum Gasteiger partial charge on any atom is 0.0728 e. The molecule has 0 heterocycles. The Morgan fingerprint density at radius 1 is 1.05 bits per heavy atom. The van der Waals surface area contributed by atoms with Gasteiger partial charge in [0.05, 0.1) is 13.2 Å². The minimum absolute atomic E-state index is 0.615. The number of rotatable bonds is 6. The molecule has 0 atom stereocenters. The van der Waals surface area contributed by atoms with Crippen LogP contribution in [0.25, 0.3) is 0 Å². The number of halogens is 2. The Morgan fingerprint density at radius 3 is 2.53 bits per heavy atom. The summed E-state index contributed by atoms with van der Waals surface area (Å²) in [6, 6.07) is 15.7. The summed E-state index contributed by atoms with van der Waals surface area (Å²) in [6.07, 6.45) is 0. The topological polar surface area (TPSA) is 21.3 Å². The third-order valence-corrected chi connectivity index (χ3v) is 3.66. The number of hydrogen-bond donors (Lipinski definition) is 1. The molecule has 100 valence electrons. The second-order valence-electron chi connectivity index (χ2n) is 4.08. The van der Waals surface area contributed by atoms with Crippen molar-refractivity contribution in [3.05, 3.63) is 63.6 Å². The minimum Gasteiger partial charge on any atom is -0.383 e. The predicted molar refractivity (Wildman–Crippen MR) is 83.7 cm³/mol. The molecule has 0 amide bonds. The molecule has 0 spiro atoms. The highest BCUT2D eigenvalue weighted by atomic mass is 79.9. The molecular formula is C15H15BrClNO. The molecule has 19 heavy (non-hydrogen) atoms. The van der Waals surface area contributed by atoms with Crippen LogP contribution in [0, 0.1) is 0 Å². The van der Waals surface area contributed by atoms with Crippen LogP contribution in [0.1, 0.15) is 5.56 Å². The van der Waals surface area contributed by atoms with E-state index in [2.05, 4.69) is 27.3 Å². The first-order valence-electron chi connectivity index (χ1n) is 6.06. The number of nitrogens with one attached hydrogen (secondary N) is 1. The van der Waals surface area contributed by atoms with Gasteiger partial charge in [0.15, 0.2) is 0 Å². The van der Waals surface area contributed by atoms with Crippen molar-refractivity contribution in [3.8, 4) is 0 Å². The van der Waals surface area contributed by atoms with Gasteiger partial charge in [-0.15, -0.1) is 0 Å². The van der Waals surface area contributed by atoms with E-state index in [9.17, 15) is 0 Å². The van der Waals surface area contributed by atoms with Crippen LogP contribution in [0.5, 0.6) is 0 Å². The highest BCUT2D eigenvalue weighted by Gasteiger charge is 1.98. The summed E-state index contributed by atoms with van der Waals surface area (Å²) in [6.45, 7) is 2.04. The fourth-order valence-electron chi connectivity index (χ4n) is 1.63. The Labute approximate surface area is 126 Å². The van der Waals surface area contributed by atoms with Gasteiger partial charge < -0.3 is 10.1 Å².